The molecule has 4 nitrogen and oxygen atoms in total. The van der Waals surface area contributed by atoms with E-state index in [0.29, 0.717) is 25.4 Å². The minimum Gasteiger partial charge on any atom is -0.308 e. The second-order valence-electron chi connectivity index (χ2n) is 4.48. The summed E-state index contributed by atoms with van der Waals surface area (Å²) in [6, 6.07) is 0. The van der Waals surface area contributed by atoms with Crippen molar-refractivity contribution in [1.82, 2.24) is 5.32 Å². The van der Waals surface area contributed by atoms with E-state index in [2.05, 4.69) is 19.2 Å². The number of nitrogens with one attached hydrogen (secondary N) is 1. The van der Waals surface area contributed by atoms with Crippen molar-refractivity contribution in [2.45, 2.75) is 53.4 Å². The molecular weight excluding hydrogens is 249 g/mol. The highest BCUT2D eigenvalue weighted by Gasteiger charge is 2.23. The van der Waals surface area contributed by atoms with E-state index in [1.54, 1.807) is 0 Å². The van der Waals surface area contributed by atoms with E-state index >= 15 is 0 Å². The Kier molecular flexibility index (Phi) is 11.0. The van der Waals surface area contributed by atoms with Crippen LogP contribution in [-0.2, 0) is 13.6 Å². The Morgan fingerprint density at radius 1 is 1.11 bits per heavy atom. The van der Waals surface area contributed by atoms with Crippen LogP contribution < -0.4 is 5.32 Å². The fourth-order valence-corrected chi connectivity index (χ4v) is 3.32. The lowest BCUT2D eigenvalue weighted by Gasteiger charge is -2.20. The summed E-state index contributed by atoms with van der Waals surface area (Å²) in [5, 5.41) is 3.24. The third kappa shape index (κ3) is 8.25. The number of hydrogen-bond acceptors (Lipinski definition) is 4. The summed E-state index contributed by atoms with van der Waals surface area (Å²) in [5.41, 5.74) is 0. The molecule has 0 radical (unpaired) electrons. The van der Waals surface area contributed by atoms with Crippen molar-refractivity contribution < 1.29 is 13.6 Å². The van der Waals surface area contributed by atoms with Crippen molar-refractivity contribution in [3.05, 3.63) is 0 Å². The molecule has 18 heavy (non-hydrogen) atoms. The summed E-state index contributed by atoms with van der Waals surface area (Å²) in [6.45, 7) is 9.81. The second kappa shape index (κ2) is 11.0. The lowest BCUT2D eigenvalue weighted by Crippen LogP contribution is -2.24. The first-order valence-corrected chi connectivity index (χ1v) is 8.93. The molecule has 0 aliphatic carbocycles. The highest BCUT2D eigenvalue weighted by Crippen LogP contribution is 2.46. The fourth-order valence-electron chi connectivity index (χ4n) is 1.87. The summed E-state index contributed by atoms with van der Waals surface area (Å²) in [7, 11) is -2.92. The largest absolute Gasteiger partial charge is 0.344 e. The maximum absolute atomic E-state index is 12.2. The van der Waals surface area contributed by atoms with Crippen LogP contribution in [0, 0.1) is 5.92 Å². The molecule has 1 atom stereocenters. The van der Waals surface area contributed by atoms with Gasteiger partial charge in [-0.15, -0.1) is 0 Å². The quantitative estimate of drug-likeness (QED) is 0.548. The molecule has 0 spiro atoms. The van der Waals surface area contributed by atoms with Crippen LogP contribution in [0.2, 0.25) is 0 Å². The van der Waals surface area contributed by atoms with E-state index in [1.807, 2.05) is 13.8 Å². The van der Waals surface area contributed by atoms with Crippen LogP contribution >= 0.6 is 7.60 Å². The molecule has 0 heterocycles. The van der Waals surface area contributed by atoms with Crippen LogP contribution in [0.1, 0.15) is 53.4 Å². The molecule has 0 aromatic carbocycles. The Hall–Kier alpha value is 0.110. The lowest BCUT2D eigenvalue weighted by atomic mass is 10.00. The monoisotopic (exact) mass is 279 g/mol. The third-order valence-electron chi connectivity index (χ3n) is 2.93. The third-order valence-corrected chi connectivity index (χ3v) is 4.85. The molecule has 110 valence electrons. The predicted molar refractivity (Wildman–Crippen MR) is 77.0 cm³/mol. The van der Waals surface area contributed by atoms with Gasteiger partial charge in [0, 0.05) is 0 Å². The van der Waals surface area contributed by atoms with Crippen molar-refractivity contribution in [2.24, 2.45) is 5.92 Å². The standard InChI is InChI=1S/C13H30NO3P/c1-5-9-10-13(6-2)11-14-12-18(15,16-7-3)17-8-4/h13-14H,5-12H2,1-4H3. The lowest BCUT2D eigenvalue weighted by molar-refractivity contribution is 0.217. The molecule has 1 unspecified atom stereocenters. The van der Waals surface area contributed by atoms with Gasteiger partial charge in [-0.3, -0.25) is 4.57 Å². The topological polar surface area (TPSA) is 47.6 Å². The molecule has 0 saturated heterocycles. The van der Waals surface area contributed by atoms with Gasteiger partial charge in [0.1, 0.15) is 0 Å². The first-order chi connectivity index (χ1) is 8.61. The molecule has 0 aromatic rings. The smallest absolute Gasteiger partial charge is 0.308 e. The Labute approximate surface area is 112 Å². The Morgan fingerprint density at radius 2 is 1.72 bits per heavy atom. The van der Waals surface area contributed by atoms with E-state index in [4.69, 9.17) is 9.05 Å². The van der Waals surface area contributed by atoms with Crippen LogP contribution in [0.4, 0.5) is 0 Å². The molecule has 0 aliphatic heterocycles. The minimum absolute atomic E-state index is 0.317. The maximum Gasteiger partial charge on any atom is 0.344 e. The normalized spacial score (nSPS) is 13.8. The molecule has 5 heteroatoms. The van der Waals surface area contributed by atoms with Gasteiger partial charge in [-0.25, -0.2) is 0 Å². The Morgan fingerprint density at radius 3 is 2.17 bits per heavy atom. The summed E-state index contributed by atoms with van der Waals surface area (Å²) in [6.07, 6.45) is 5.19. The average Bonchev–Trinajstić information content (AvgIpc) is 2.34. The zero-order chi connectivity index (χ0) is 13.9. The number of hydrogen-bond donors (Lipinski definition) is 1. The molecule has 0 fully saturated rings. The zero-order valence-corrected chi connectivity index (χ0v) is 13.3. The van der Waals surface area contributed by atoms with E-state index in [9.17, 15) is 4.57 Å². The van der Waals surface area contributed by atoms with Gasteiger partial charge in [0.05, 0.1) is 19.5 Å². The van der Waals surface area contributed by atoms with Gasteiger partial charge in [-0.2, -0.15) is 0 Å². The van der Waals surface area contributed by atoms with Gasteiger partial charge >= 0.3 is 7.60 Å². The van der Waals surface area contributed by atoms with Gasteiger partial charge in [-0.1, -0.05) is 33.1 Å². The summed E-state index contributed by atoms with van der Waals surface area (Å²) in [4.78, 5) is 0. The van der Waals surface area contributed by atoms with E-state index in [1.165, 1.54) is 19.3 Å². The summed E-state index contributed by atoms with van der Waals surface area (Å²) >= 11 is 0. The van der Waals surface area contributed by atoms with Crippen LogP contribution in [0.5, 0.6) is 0 Å². The number of rotatable bonds is 12. The van der Waals surface area contributed by atoms with Crippen LogP contribution in [0.3, 0.4) is 0 Å². The highest BCUT2D eigenvalue weighted by atomic mass is 31.2. The van der Waals surface area contributed by atoms with Gasteiger partial charge in [-0.05, 0) is 32.7 Å². The van der Waals surface area contributed by atoms with Crippen LogP contribution in [-0.4, -0.2) is 26.0 Å². The van der Waals surface area contributed by atoms with E-state index in [0.717, 1.165) is 13.0 Å². The van der Waals surface area contributed by atoms with Crippen molar-refractivity contribution >= 4 is 7.60 Å². The maximum atomic E-state index is 12.2. The first-order valence-electron chi connectivity index (χ1n) is 7.20. The van der Waals surface area contributed by atoms with Crippen molar-refractivity contribution in [3.63, 3.8) is 0 Å². The fraction of sp³-hybridized carbons (Fsp3) is 1.00. The Balaban J connectivity index is 3.99. The van der Waals surface area contributed by atoms with Gasteiger partial charge in [0.15, 0.2) is 0 Å². The predicted octanol–water partition coefficient (Wildman–Crippen LogP) is 4.02. The highest BCUT2D eigenvalue weighted by molar-refractivity contribution is 7.53. The minimum atomic E-state index is -2.92. The molecule has 0 bridgehead atoms. The summed E-state index contributed by atoms with van der Waals surface area (Å²) in [5.74, 6) is 0.654. The second-order valence-corrected chi connectivity index (χ2v) is 6.53. The van der Waals surface area contributed by atoms with Crippen molar-refractivity contribution in [3.8, 4) is 0 Å². The van der Waals surface area contributed by atoms with Gasteiger partial charge in [0.2, 0.25) is 0 Å². The van der Waals surface area contributed by atoms with Gasteiger partial charge in [0.25, 0.3) is 0 Å². The molecule has 0 aromatic heterocycles. The Bertz CT molecular complexity index is 226. The first kappa shape index (κ1) is 18.1. The van der Waals surface area contributed by atoms with Gasteiger partial charge < -0.3 is 14.4 Å². The molecule has 1 N–H and O–H groups in total. The number of unbranched alkanes of at least 4 members (excludes halogenated alkanes) is 1. The molecule has 0 rings (SSSR count). The molecule has 0 amide bonds. The van der Waals surface area contributed by atoms with Crippen LogP contribution in [0.25, 0.3) is 0 Å². The van der Waals surface area contributed by atoms with Crippen molar-refractivity contribution in [1.29, 1.82) is 0 Å². The van der Waals surface area contributed by atoms with E-state index in [-0.39, 0.29) is 0 Å². The molecule has 0 saturated carbocycles. The average molecular weight is 279 g/mol. The van der Waals surface area contributed by atoms with Crippen molar-refractivity contribution in [2.75, 3.05) is 26.0 Å². The molecular formula is C13H30NO3P. The zero-order valence-electron chi connectivity index (χ0n) is 12.4. The van der Waals surface area contributed by atoms with Crippen LogP contribution in [0.15, 0.2) is 0 Å². The molecule has 0 aliphatic rings. The summed E-state index contributed by atoms with van der Waals surface area (Å²) < 4.78 is 22.7. The SMILES string of the molecule is CCCCC(CC)CNCP(=O)(OCC)OCC. The van der Waals surface area contributed by atoms with E-state index < -0.39 is 7.60 Å².